The lowest BCUT2D eigenvalue weighted by atomic mass is 9.97. The molecule has 12 atom stereocenters. The monoisotopic (exact) mass is 626 g/mol. The van der Waals surface area contributed by atoms with Gasteiger partial charge in [-0.1, -0.05) is 78.1 Å². The molecule has 13 nitrogen and oxygen atoms in total. The van der Waals surface area contributed by atoms with Gasteiger partial charge in [0, 0.05) is 6.61 Å². The van der Waals surface area contributed by atoms with Crippen LogP contribution in [0.2, 0.25) is 0 Å². The third-order valence-corrected chi connectivity index (χ3v) is 8.41. The molecule has 2 saturated heterocycles. The van der Waals surface area contributed by atoms with Gasteiger partial charge in [-0.05, 0) is 12.3 Å². The first-order valence-corrected chi connectivity index (χ1v) is 16.1. The molecule has 2 heterocycles. The number of hydrogen-bond acceptors (Lipinski definition) is 13. The highest BCUT2D eigenvalue weighted by molar-refractivity contribution is 4.94. The van der Waals surface area contributed by atoms with E-state index >= 15 is 0 Å². The predicted molar refractivity (Wildman–Crippen MR) is 155 cm³/mol. The summed E-state index contributed by atoms with van der Waals surface area (Å²) in [7, 11) is 0. The van der Waals surface area contributed by atoms with E-state index in [1.165, 1.54) is 51.4 Å². The van der Waals surface area contributed by atoms with Gasteiger partial charge in [0.25, 0.3) is 0 Å². The second kappa shape index (κ2) is 21.3. The average molecular weight is 627 g/mol. The summed E-state index contributed by atoms with van der Waals surface area (Å²) in [6.07, 6.45) is -2.97. The minimum Gasteiger partial charge on any atom is -0.394 e. The van der Waals surface area contributed by atoms with E-state index in [4.69, 9.17) is 23.7 Å². The number of aliphatic hydroxyl groups excluding tert-OH is 8. The van der Waals surface area contributed by atoms with E-state index < -0.39 is 80.7 Å². The van der Waals surface area contributed by atoms with Gasteiger partial charge in [-0.15, -0.1) is 0 Å². The Balaban J connectivity index is 1.64. The molecule has 0 radical (unpaired) electrons. The van der Waals surface area contributed by atoms with E-state index in [-0.39, 0.29) is 13.2 Å². The molecule has 0 saturated carbocycles. The van der Waals surface area contributed by atoms with Crippen LogP contribution < -0.4 is 0 Å². The van der Waals surface area contributed by atoms with Crippen molar-refractivity contribution in [2.24, 2.45) is 5.92 Å². The van der Waals surface area contributed by atoms with Gasteiger partial charge in [-0.3, -0.25) is 0 Å². The predicted octanol–water partition coefficient (Wildman–Crippen LogP) is -0.0483. The summed E-state index contributed by atoms with van der Waals surface area (Å²) >= 11 is 0. The van der Waals surface area contributed by atoms with Crippen LogP contribution >= 0.6 is 0 Å². The number of aliphatic hydroxyl groups is 8. The van der Waals surface area contributed by atoms with Crippen molar-refractivity contribution in [3.8, 4) is 0 Å². The smallest absolute Gasteiger partial charge is 0.187 e. The van der Waals surface area contributed by atoms with Crippen LogP contribution in [0.15, 0.2) is 0 Å². The van der Waals surface area contributed by atoms with Crippen LogP contribution in [0, 0.1) is 5.92 Å². The normalized spacial score (nSPS) is 34.7. The standard InChI is InChI=1S/C30H58O13/c1-3-19(2)13-11-9-7-5-4-6-8-10-12-14-39-17-20(33)18-40-29-27(38)28(24(35)22(16-32)41-29)43-30-26(37)25(36)23(34)21(15-31)42-30/h19-38H,3-18H2,1-2H3. The fourth-order valence-corrected chi connectivity index (χ4v) is 5.30. The van der Waals surface area contributed by atoms with Crippen molar-refractivity contribution in [1.29, 1.82) is 0 Å². The molecule has 2 rings (SSSR count). The van der Waals surface area contributed by atoms with Gasteiger partial charge in [0.1, 0.15) is 54.9 Å². The quantitative estimate of drug-likeness (QED) is 0.0743. The van der Waals surface area contributed by atoms with E-state index in [9.17, 15) is 40.9 Å². The maximum Gasteiger partial charge on any atom is 0.187 e. The molecule has 0 aromatic rings. The summed E-state index contributed by atoms with van der Waals surface area (Å²) in [5, 5.41) is 80.9. The van der Waals surface area contributed by atoms with Crippen LogP contribution in [0.1, 0.15) is 84.5 Å². The summed E-state index contributed by atoms with van der Waals surface area (Å²) in [5.74, 6) is 0.841. The third kappa shape index (κ3) is 13.0. The summed E-state index contributed by atoms with van der Waals surface area (Å²) < 4.78 is 27.3. The second-order valence-corrected chi connectivity index (χ2v) is 12.1. The Morgan fingerprint density at radius 1 is 0.651 bits per heavy atom. The molecule has 2 aliphatic rings. The zero-order chi connectivity index (χ0) is 31.8. The van der Waals surface area contributed by atoms with Crippen LogP contribution in [-0.2, 0) is 23.7 Å². The first-order valence-electron chi connectivity index (χ1n) is 16.1. The van der Waals surface area contributed by atoms with Crippen molar-refractivity contribution in [3.63, 3.8) is 0 Å². The van der Waals surface area contributed by atoms with E-state index in [0.717, 1.165) is 25.2 Å². The van der Waals surface area contributed by atoms with Crippen molar-refractivity contribution in [3.05, 3.63) is 0 Å². The SMILES string of the molecule is CCC(C)CCCCCCCCCCCOCC(O)COC1OC(CO)C(O)C(OC2OC(CO)C(O)C(O)C2O)C1O. The summed E-state index contributed by atoms with van der Waals surface area (Å²) in [5.41, 5.74) is 0. The minimum absolute atomic E-state index is 0.0102. The summed E-state index contributed by atoms with van der Waals surface area (Å²) in [6, 6.07) is 0. The van der Waals surface area contributed by atoms with Gasteiger partial charge >= 0.3 is 0 Å². The lowest BCUT2D eigenvalue weighted by Crippen LogP contribution is -2.65. The summed E-state index contributed by atoms with van der Waals surface area (Å²) in [4.78, 5) is 0. The van der Waals surface area contributed by atoms with Gasteiger partial charge in [0.05, 0.1) is 26.4 Å². The Labute approximate surface area is 255 Å². The van der Waals surface area contributed by atoms with Gasteiger partial charge in [0.2, 0.25) is 0 Å². The van der Waals surface area contributed by atoms with Crippen LogP contribution in [0.5, 0.6) is 0 Å². The van der Waals surface area contributed by atoms with Crippen LogP contribution in [-0.4, -0.2) is 141 Å². The molecule has 8 N–H and O–H groups in total. The van der Waals surface area contributed by atoms with Gasteiger partial charge in [-0.2, -0.15) is 0 Å². The fraction of sp³-hybridized carbons (Fsp3) is 1.00. The number of unbranched alkanes of at least 4 members (excludes halogenated alkanes) is 8. The fourth-order valence-electron chi connectivity index (χ4n) is 5.30. The van der Waals surface area contributed by atoms with Crippen molar-refractivity contribution in [1.82, 2.24) is 0 Å². The number of ether oxygens (including phenoxy) is 5. The van der Waals surface area contributed by atoms with Crippen LogP contribution in [0.3, 0.4) is 0 Å². The highest BCUT2D eigenvalue weighted by Crippen LogP contribution is 2.29. The third-order valence-electron chi connectivity index (χ3n) is 8.41. The molecule has 12 unspecified atom stereocenters. The Kier molecular flexibility index (Phi) is 19.2. The molecule has 13 heteroatoms. The summed E-state index contributed by atoms with van der Waals surface area (Å²) in [6.45, 7) is 3.46. The van der Waals surface area contributed by atoms with Crippen LogP contribution in [0.25, 0.3) is 0 Å². The Bertz CT molecular complexity index is 701. The van der Waals surface area contributed by atoms with Crippen molar-refractivity contribution < 1.29 is 64.5 Å². The maximum atomic E-state index is 10.8. The largest absolute Gasteiger partial charge is 0.394 e. The molecule has 2 aliphatic heterocycles. The van der Waals surface area contributed by atoms with E-state index in [1.807, 2.05) is 0 Å². The number of hydrogen-bond donors (Lipinski definition) is 8. The average Bonchev–Trinajstić information content (AvgIpc) is 3.00. The van der Waals surface area contributed by atoms with Gasteiger partial charge < -0.3 is 64.5 Å². The maximum absolute atomic E-state index is 10.8. The highest BCUT2D eigenvalue weighted by Gasteiger charge is 2.50. The van der Waals surface area contributed by atoms with Crippen LogP contribution in [0.4, 0.5) is 0 Å². The lowest BCUT2D eigenvalue weighted by Gasteiger charge is -2.46. The lowest BCUT2D eigenvalue weighted by molar-refractivity contribution is -0.361. The molecule has 0 bridgehead atoms. The first kappa shape index (κ1) is 38.7. The van der Waals surface area contributed by atoms with E-state index in [2.05, 4.69) is 13.8 Å². The molecule has 0 amide bonds. The van der Waals surface area contributed by atoms with E-state index in [1.54, 1.807) is 0 Å². The zero-order valence-electron chi connectivity index (χ0n) is 25.9. The number of rotatable bonds is 22. The minimum atomic E-state index is -1.76. The molecule has 0 aromatic carbocycles. The molecule has 0 spiro atoms. The molecule has 0 aliphatic carbocycles. The van der Waals surface area contributed by atoms with Gasteiger partial charge in [-0.25, -0.2) is 0 Å². The zero-order valence-corrected chi connectivity index (χ0v) is 25.9. The highest BCUT2D eigenvalue weighted by atomic mass is 16.7. The molecular weight excluding hydrogens is 568 g/mol. The molecule has 43 heavy (non-hydrogen) atoms. The first-order chi connectivity index (χ1) is 20.6. The van der Waals surface area contributed by atoms with E-state index in [0.29, 0.717) is 6.61 Å². The topological polar surface area (TPSA) is 208 Å². The van der Waals surface area contributed by atoms with Gasteiger partial charge in [0.15, 0.2) is 12.6 Å². The second-order valence-electron chi connectivity index (χ2n) is 12.1. The molecule has 0 aromatic heterocycles. The molecule has 256 valence electrons. The Hall–Kier alpha value is -0.520. The Morgan fingerprint density at radius 2 is 1.21 bits per heavy atom. The van der Waals surface area contributed by atoms with Crippen molar-refractivity contribution >= 4 is 0 Å². The van der Waals surface area contributed by atoms with Crippen molar-refractivity contribution in [2.45, 2.75) is 152 Å². The van der Waals surface area contributed by atoms with Crippen molar-refractivity contribution in [2.75, 3.05) is 33.0 Å². The Morgan fingerprint density at radius 3 is 1.81 bits per heavy atom. The molecule has 2 fully saturated rings. The molecular formula is C30H58O13.